The number of allylic oxidation sites excluding steroid dienone is 1. The lowest BCUT2D eigenvalue weighted by atomic mass is 9.90. The first kappa shape index (κ1) is 6.71. The van der Waals surface area contributed by atoms with Crippen LogP contribution in [0.1, 0.15) is 36.1 Å². The zero-order chi connectivity index (χ0) is 7.84. The molecule has 0 radical (unpaired) electrons. The van der Waals surface area contributed by atoms with Gasteiger partial charge in [-0.15, -0.1) is 0 Å². The van der Waals surface area contributed by atoms with Crippen molar-refractivity contribution in [1.82, 2.24) is 4.98 Å². The summed E-state index contributed by atoms with van der Waals surface area (Å²) in [7, 11) is 0. The molecule has 1 heterocycles. The minimum absolute atomic E-state index is 0.696. The van der Waals surface area contributed by atoms with Crippen LogP contribution in [0.2, 0.25) is 0 Å². The van der Waals surface area contributed by atoms with Gasteiger partial charge in [-0.2, -0.15) is 0 Å². The molecule has 1 aromatic heterocycles. The van der Waals surface area contributed by atoms with Gasteiger partial charge in [-0.25, -0.2) is 0 Å². The number of hydrogen-bond acceptors (Lipinski definition) is 0. The Bertz CT molecular complexity index is 294. The Morgan fingerprint density at radius 3 is 3.09 bits per heavy atom. The maximum Gasteiger partial charge on any atom is 0.0157 e. The summed E-state index contributed by atoms with van der Waals surface area (Å²) in [6.45, 7) is 4.43. The molecule has 1 N–H and O–H groups in total. The normalized spacial score (nSPS) is 21.8. The molecule has 1 heteroatoms. The lowest BCUT2D eigenvalue weighted by Crippen LogP contribution is -1.98. The van der Waals surface area contributed by atoms with Gasteiger partial charge < -0.3 is 4.98 Å². The van der Waals surface area contributed by atoms with Crippen LogP contribution < -0.4 is 0 Å². The second kappa shape index (κ2) is 2.26. The van der Waals surface area contributed by atoms with Gasteiger partial charge >= 0.3 is 0 Å². The molecule has 0 fully saturated rings. The van der Waals surface area contributed by atoms with Gasteiger partial charge in [0, 0.05) is 11.9 Å². The van der Waals surface area contributed by atoms with Crippen LogP contribution in [0.5, 0.6) is 0 Å². The second-order valence-electron chi connectivity index (χ2n) is 3.32. The molecule has 2 rings (SSSR count). The van der Waals surface area contributed by atoms with Crippen molar-refractivity contribution in [3.8, 4) is 0 Å². The molecule has 58 valence electrons. The van der Waals surface area contributed by atoms with Gasteiger partial charge in [-0.05, 0) is 30.4 Å². The van der Waals surface area contributed by atoms with Crippen molar-refractivity contribution in [2.45, 2.75) is 26.2 Å². The largest absolute Gasteiger partial charge is 0.364 e. The van der Waals surface area contributed by atoms with E-state index in [2.05, 4.69) is 37.2 Å². The van der Waals surface area contributed by atoms with E-state index in [9.17, 15) is 0 Å². The number of rotatable bonds is 0. The first-order chi connectivity index (χ1) is 5.29. The molecular weight excluding hydrogens is 134 g/mol. The minimum atomic E-state index is 0.696. The van der Waals surface area contributed by atoms with Gasteiger partial charge in [0.25, 0.3) is 0 Å². The molecule has 0 amide bonds. The van der Waals surface area contributed by atoms with Crippen molar-refractivity contribution >= 4 is 6.08 Å². The lowest BCUT2D eigenvalue weighted by Gasteiger charge is -2.14. The Morgan fingerprint density at radius 1 is 1.55 bits per heavy atom. The van der Waals surface area contributed by atoms with E-state index in [1.807, 2.05) is 0 Å². The first-order valence-electron chi connectivity index (χ1n) is 4.13. The lowest BCUT2D eigenvalue weighted by molar-refractivity contribution is 0.767. The second-order valence-corrected chi connectivity index (χ2v) is 3.32. The van der Waals surface area contributed by atoms with Crippen LogP contribution in [-0.4, -0.2) is 4.98 Å². The first-order valence-corrected chi connectivity index (χ1v) is 4.13. The Labute approximate surface area is 67.1 Å². The zero-order valence-corrected chi connectivity index (χ0v) is 7.02. The highest BCUT2D eigenvalue weighted by atomic mass is 14.7. The predicted molar refractivity (Wildman–Crippen MR) is 47.6 cm³/mol. The van der Waals surface area contributed by atoms with Gasteiger partial charge in [0.15, 0.2) is 0 Å². The molecule has 0 aliphatic heterocycles. The molecule has 1 unspecified atom stereocenters. The Morgan fingerprint density at radius 2 is 2.36 bits per heavy atom. The van der Waals surface area contributed by atoms with Crippen LogP contribution in [0.15, 0.2) is 12.3 Å². The summed E-state index contributed by atoms with van der Waals surface area (Å²) < 4.78 is 0. The van der Waals surface area contributed by atoms with Crippen molar-refractivity contribution in [3.05, 3.63) is 29.1 Å². The summed E-state index contributed by atoms with van der Waals surface area (Å²) in [5.74, 6) is 0.696. The highest BCUT2D eigenvalue weighted by molar-refractivity contribution is 5.58. The molecule has 1 aliphatic rings. The molecule has 1 aromatic rings. The summed E-state index contributed by atoms with van der Waals surface area (Å²) in [5.41, 5.74) is 4.21. The number of fused-ring (bicyclic) bond motifs is 1. The van der Waals surface area contributed by atoms with Crippen LogP contribution in [0.25, 0.3) is 6.08 Å². The number of hydrogen-bond donors (Lipinski definition) is 1. The molecule has 1 aliphatic carbocycles. The van der Waals surface area contributed by atoms with E-state index in [0.29, 0.717) is 5.92 Å². The van der Waals surface area contributed by atoms with Gasteiger partial charge in [0.2, 0.25) is 0 Å². The van der Waals surface area contributed by atoms with Crippen molar-refractivity contribution in [2.24, 2.45) is 0 Å². The van der Waals surface area contributed by atoms with Crippen molar-refractivity contribution in [1.29, 1.82) is 0 Å². The van der Waals surface area contributed by atoms with E-state index in [-0.39, 0.29) is 0 Å². The van der Waals surface area contributed by atoms with E-state index in [1.165, 1.54) is 23.2 Å². The minimum Gasteiger partial charge on any atom is -0.364 e. The Kier molecular flexibility index (Phi) is 1.38. The fourth-order valence-corrected chi connectivity index (χ4v) is 1.87. The molecule has 11 heavy (non-hydrogen) atoms. The maximum atomic E-state index is 3.26. The van der Waals surface area contributed by atoms with Crippen molar-refractivity contribution in [2.75, 3.05) is 0 Å². The van der Waals surface area contributed by atoms with Gasteiger partial charge in [0.1, 0.15) is 0 Å². The fraction of sp³-hybridized carbons (Fsp3) is 0.400. The zero-order valence-electron chi connectivity index (χ0n) is 7.02. The standard InChI is InChI=1S/C10H13N/c1-7-4-3-5-9-6-11-8(2)10(7)9/h3,5-7,11H,4H2,1-2H3. The quantitative estimate of drug-likeness (QED) is 0.580. The average Bonchev–Trinajstić information content (AvgIpc) is 2.34. The highest BCUT2D eigenvalue weighted by Gasteiger charge is 2.15. The SMILES string of the molecule is Cc1[nH]cc2c1C(C)CC=C2. The fourth-order valence-electron chi connectivity index (χ4n) is 1.87. The molecule has 0 bridgehead atoms. The number of nitrogens with one attached hydrogen (secondary N) is 1. The number of aromatic amines is 1. The molecule has 0 saturated carbocycles. The summed E-state index contributed by atoms with van der Waals surface area (Å²) in [4.78, 5) is 3.26. The smallest absolute Gasteiger partial charge is 0.0157 e. The molecule has 1 nitrogen and oxygen atoms in total. The summed E-state index contributed by atoms with van der Waals surface area (Å²) >= 11 is 0. The topological polar surface area (TPSA) is 15.8 Å². The molecular formula is C10H13N. The number of H-pyrrole nitrogens is 1. The van der Waals surface area contributed by atoms with Crippen LogP contribution in [0.4, 0.5) is 0 Å². The third kappa shape index (κ3) is 0.917. The van der Waals surface area contributed by atoms with E-state index >= 15 is 0 Å². The van der Waals surface area contributed by atoms with E-state index in [0.717, 1.165) is 0 Å². The third-order valence-corrected chi connectivity index (χ3v) is 2.44. The highest BCUT2D eigenvalue weighted by Crippen LogP contribution is 2.31. The van der Waals surface area contributed by atoms with E-state index in [1.54, 1.807) is 0 Å². The molecule has 1 atom stereocenters. The number of aryl methyl sites for hydroxylation is 1. The van der Waals surface area contributed by atoms with E-state index in [4.69, 9.17) is 0 Å². The summed E-state index contributed by atoms with van der Waals surface area (Å²) in [6.07, 6.45) is 7.74. The predicted octanol–water partition coefficient (Wildman–Crippen LogP) is 2.84. The Balaban J connectivity index is 2.58. The van der Waals surface area contributed by atoms with E-state index < -0.39 is 0 Å². The molecule has 0 saturated heterocycles. The monoisotopic (exact) mass is 147 g/mol. The summed E-state index contributed by atoms with van der Waals surface area (Å²) in [6, 6.07) is 0. The maximum absolute atomic E-state index is 3.26. The molecule has 0 spiro atoms. The van der Waals surface area contributed by atoms with Crippen LogP contribution in [-0.2, 0) is 0 Å². The Hall–Kier alpha value is -0.980. The molecule has 0 aromatic carbocycles. The van der Waals surface area contributed by atoms with Crippen LogP contribution in [0.3, 0.4) is 0 Å². The third-order valence-electron chi connectivity index (χ3n) is 2.44. The van der Waals surface area contributed by atoms with Crippen LogP contribution >= 0.6 is 0 Å². The summed E-state index contributed by atoms with van der Waals surface area (Å²) in [5, 5.41) is 0. The van der Waals surface area contributed by atoms with Gasteiger partial charge in [-0.1, -0.05) is 19.1 Å². The average molecular weight is 147 g/mol. The van der Waals surface area contributed by atoms with Crippen molar-refractivity contribution in [3.63, 3.8) is 0 Å². The van der Waals surface area contributed by atoms with Gasteiger partial charge in [0.05, 0.1) is 0 Å². The van der Waals surface area contributed by atoms with Crippen molar-refractivity contribution < 1.29 is 0 Å². The number of aromatic nitrogens is 1. The van der Waals surface area contributed by atoms with Crippen LogP contribution in [0, 0.1) is 6.92 Å². The van der Waals surface area contributed by atoms with Gasteiger partial charge in [-0.3, -0.25) is 0 Å².